The highest BCUT2D eigenvalue weighted by atomic mass is 16.3. The Morgan fingerprint density at radius 3 is 2.65 bits per heavy atom. The van der Waals surface area contributed by atoms with Gasteiger partial charge in [0, 0.05) is 27.2 Å². The molecule has 128 valence electrons. The molecule has 1 aliphatic rings. The Kier molecular flexibility index (Phi) is 6.29. The predicted octanol–water partition coefficient (Wildman–Crippen LogP) is 0.365. The number of nitrogens with one attached hydrogen (secondary N) is 1. The fourth-order valence-corrected chi connectivity index (χ4v) is 2.98. The number of hydrogen-bond acceptors (Lipinski definition) is 6. The van der Waals surface area contributed by atoms with Crippen molar-refractivity contribution in [2.75, 3.05) is 45.2 Å². The van der Waals surface area contributed by atoms with Crippen LogP contribution in [0.5, 0.6) is 0 Å². The summed E-state index contributed by atoms with van der Waals surface area (Å²) in [4.78, 5) is 15.9. The van der Waals surface area contributed by atoms with Crippen molar-refractivity contribution in [2.24, 2.45) is 5.92 Å². The van der Waals surface area contributed by atoms with Gasteiger partial charge in [-0.3, -0.25) is 4.79 Å². The van der Waals surface area contributed by atoms with E-state index in [-0.39, 0.29) is 12.0 Å². The van der Waals surface area contributed by atoms with Gasteiger partial charge in [0.05, 0.1) is 6.10 Å². The third-order valence-corrected chi connectivity index (χ3v) is 4.26. The van der Waals surface area contributed by atoms with E-state index in [2.05, 4.69) is 25.3 Å². The standard InChI is InChI=1S/C16H27N5O2/c1-12(22)10-21-8-6-13(7-9-21)11-20(3)15-5-4-14(18-19-15)16(23)17-2/h4-5,12-13,22H,6-11H2,1-3H3,(H,17,23). The van der Waals surface area contributed by atoms with Gasteiger partial charge in [0.2, 0.25) is 0 Å². The molecule has 2 rings (SSSR count). The lowest BCUT2D eigenvalue weighted by atomic mass is 9.96. The number of rotatable bonds is 6. The van der Waals surface area contributed by atoms with E-state index in [1.165, 1.54) is 0 Å². The number of hydrogen-bond donors (Lipinski definition) is 2. The molecule has 0 aromatic carbocycles. The number of anilines is 1. The van der Waals surface area contributed by atoms with Crippen LogP contribution in [-0.2, 0) is 0 Å². The van der Waals surface area contributed by atoms with Crippen molar-refractivity contribution >= 4 is 11.7 Å². The van der Waals surface area contributed by atoms with Gasteiger partial charge in [0.1, 0.15) is 0 Å². The Morgan fingerprint density at radius 1 is 1.43 bits per heavy atom. The molecule has 7 heteroatoms. The summed E-state index contributed by atoms with van der Waals surface area (Å²) in [7, 11) is 3.58. The van der Waals surface area contributed by atoms with Crippen molar-refractivity contribution in [3.05, 3.63) is 17.8 Å². The van der Waals surface area contributed by atoms with E-state index in [0.29, 0.717) is 11.6 Å². The van der Waals surface area contributed by atoms with Crippen LogP contribution in [0.1, 0.15) is 30.3 Å². The molecule has 1 saturated heterocycles. The minimum Gasteiger partial charge on any atom is -0.392 e. The number of aromatic nitrogens is 2. The zero-order chi connectivity index (χ0) is 16.8. The Hall–Kier alpha value is -1.73. The fraction of sp³-hybridized carbons (Fsp3) is 0.688. The SMILES string of the molecule is CNC(=O)c1ccc(N(C)CC2CCN(CC(C)O)CC2)nn1. The van der Waals surface area contributed by atoms with Crippen molar-refractivity contribution in [2.45, 2.75) is 25.9 Å². The number of amides is 1. The highest BCUT2D eigenvalue weighted by Gasteiger charge is 2.21. The van der Waals surface area contributed by atoms with Gasteiger partial charge in [-0.25, -0.2) is 0 Å². The van der Waals surface area contributed by atoms with Crippen LogP contribution in [0.4, 0.5) is 5.82 Å². The van der Waals surface area contributed by atoms with Crippen LogP contribution in [0.3, 0.4) is 0 Å². The van der Waals surface area contributed by atoms with Crippen molar-refractivity contribution in [3.63, 3.8) is 0 Å². The predicted molar refractivity (Wildman–Crippen MR) is 89.5 cm³/mol. The molecule has 1 unspecified atom stereocenters. The highest BCUT2D eigenvalue weighted by molar-refractivity contribution is 5.91. The second-order valence-corrected chi connectivity index (χ2v) is 6.33. The smallest absolute Gasteiger partial charge is 0.271 e. The molecule has 2 N–H and O–H groups in total. The summed E-state index contributed by atoms with van der Waals surface area (Å²) in [6.45, 7) is 5.59. The Morgan fingerprint density at radius 2 is 2.13 bits per heavy atom. The van der Waals surface area contributed by atoms with E-state index >= 15 is 0 Å². The van der Waals surface area contributed by atoms with Crippen LogP contribution in [0.15, 0.2) is 12.1 Å². The Balaban J connectivity index is 1.83. The normalized spacial score (nSPS) is 17.7. The molecule has 2 heterocycles. The lowest BCUT2D eigenvalue weighted by Crippen LogP contribution is -2.40. The summed E-state index contributed by atoms with van der Waals surface area (Å²) in [5.74, 6) is 1.17. The van der Waals surface area contributed by atoms with Crippen molar-refractivity contribution in [3.8, 4) is 0 Å². The van der Waals surface area contributed by atoms with Crippen LogP contribution >= 0.6 is 0 Å². The molecule has 0 aliphatic carbocycles. The first kappa shape index (κ1) is 17.6. The maximum absolute atomic E-state index is 11.5. The Labute approximate surface area is 137 Å². The van der Waals surface area contributed by atoms with E-state index in [4.69, 9.17) is 0 Å². The second-order valence-electron chi connectivity index (χ2n) is 6.33. The summed E-state index contributed by atoms with van der Waals surface area (Å²) in [5, 5.41) is 20.1. The molecule has 1 fully saturated rings. The Bertz CT molecular complexity index is 498. The number of nitrogens with zero attached hydrogens (tertiary/aromatic N) is 4. The zero-order valence-electron chi connectivity index (χ0n) is 14.2. The van der Waals surface area contributed by atoms with Crippen LogP contribution < -0.4 is 10.2 Å². The molecule has 0 spiro atoms. The van der Waals surface area contributed by atoms with E-state index in [1.54, 1.807) is 13.1 Å². The lowest BCUT2D eigenvalue weighted by molar-refractivity contribution is 0.0957. The summed E-state index contributed by atoms with van der Waals surface area (Å²) in [5.41, 5.74) is 0.330. The molecule has 7 nitrogen and oxygen atoms in total. The quantitative estimate of drug-likeness (QED) is 0.788. The minimum atomic E-state index is -0.261. The van der Waals surface area contributed by atoms with Gasteiger partial charge in [-0.05, 0) is 50.9 Å². The van der Waals surface area contributed by atoms with E-state index in [1.807, 2.05) is 20.0 Å². The first-order valence-corrected chi connectivity index (χ1v) is 8.17. The maximum atomic E-state index is 11.5. The molecule has 23 heavy (non-hydrogen) atoms. The molecule has 1 aromatic heterocycles. The first-order chi connectivity index (χ1) is 11.0. The van der Waals surface area contributed by atoms with Gasteiger partial charge >= 0.3 is 0 Å². The van der Waals surface area contributed by atoms with Crippen LogP contribution in [0.2, 0.25) is 0 Å². The molecule has 0 saturated carbocycles. The van der Waals surface area contributed by atoms with Gasteiger partial charge in [-0.1, -0.05) is 0 Å². The number of carbonyl (C=O) groups is 1. The number of β-amino-alcohol motifs (C(OH)–C–C–N with tert-alkyl or cyclic N) is 1. The van der Waals surface area contributed by atoms with Crippen LogP contribution in [-0.4, -0.2) is 72.5 Å². The number of aliphatic hydroxyl groups is 1. The van der Waals surface area contributed by atoms with Gasteiger partial charge < -0.3 is 20.2 Å². The zero-order valence-corrected chi connectivity index (χ0v) is 14.2. The molecule has 1 amide bonds. The van der Waals surface area contributed by atoms with Crippen molar-refractivity contribution in [1.82, 2.24) is 20.4 Å². The van der Waals surface area contributed by atoms with E-state index in [0.717, 1.165) is 44.8 Å². The number of carbonyl (C=O) groups excluding carboxylic acids is 1. The van der Waals surface area contributed by atoms with Crippen molar-refractivity contribution < 1.29 is 9.90 Å². The average molecular weight is 321 g/mol. The van der Waals surface area contributed by atoms with Crippen LogP contribution in [0, 0.1) is 5.92 Å². The van der Waals surface area contributed by atoms with Gasteiger partial charge in [0.15, 0.2) is 11.5 Å². The first-order valence-electron chi connectivity index (χ1n) is 8.17. The molecule has 0 radical (unpaired) electrons. The third-order valence-electron chi connectivity index (χ3n) is 4.26. The molecular formula is C16H27N5O2. The number of likely N-dealkylation sites (tertiary alicyclic amines) is 1. The summed E-state index contributed by atoms with van der Waals surface area (Å²) < 4.78 is 0. The molecule has 1 atom stereocenters. The molecule has 1 aromatic rings. The third kappa shape index (κ3) is 5.14. The van der Waals surface area contributed by atoms with Gasteiger partial charge in [-0.2, -0.15) is 0 Å². The highest BCUT2D eigenvalue weighted by Crippen LogP contribution is 2.20. The van der Waals surface area contributed by atoms with Crippen molar-refractivity contribution in [1.29, 1.82) is 0 Å². The summed E-state index contributed by atoms with van der Waals surface area (Å²) >= 11 is 0. The summed E-state index contributed by atoms with van der Waals surface area (Å²) in [6, 6.07) is 3.53. The monoisotopic (exact) mass is 321 g/mol. The molecule has 0 bridgehead atoms. The number of aliphatic hydroxyl groups excluding tert-OH is 1. The lowest BCUT2D eigenvalue weighted by Gasteiger charge is -2.34. The fourth-order valence-electron chi connectivity index (χ4n) is 2.98. The average Bonchev–Trinajstić information content (AvgIpc) is 2.55. The second kappa shape index (κ2) is 8.21. The topological polar surface area (TPSA) is 81.6 Å². The molecule has 1 aliphatic heterocycles. The maximum Gasteiger partial charge on any atom is 0.271 e. The molecular weight excluding hydrogens is 294 g/mol. The van der Waals surface area contributed by atoms with E-state index < -0.39 is 0 Å². The minimum absolute atomic E-state index is 0.225. The largest absolute Gasteiger partial charge is 0.392 e. The van der Waals surface area contributed by atoms with Gasteiger partial charge in [-0.15, -0.1) is 10.2 Å². The number of piperidine rings is 1. The van der Waals surface area contributed by atoms with E-state index in [9.17, 15) is 9.90 Å². The van der Waals surface area contributed by atoms with Gasteiger partial charge in [0.25, 0.3) is 5.91 Å². The summed E-state index contributed by atoms with van der Waals surface area (Å²) in [6.07, 6.45) is 1.99. The van der Waals surface area contributed by atoms with Crippen LogP contribution in [0.25, 0.3) is 0 Å².